The van der Waals surface area contributed by atoms with Crippen LogP contribution in [0.25, 0.3) is 0 Å². The van der Waals surface area contributed by atoms with Crippen molar-refractivity contribution in [1.29, 1.82) is 0 Å². The first-order valence-corrected chi connectivity index (χ1v) is 12.5. The Bertz CT molecular complexity index is 998. The number of nitrogens with zero attached hydrogens (tertiary/aromatic N) is 1. The van der Waals surface area contributed by atoms with Gasteiger partial charge in [-0.2, -0.15) is 0 Å². The first-order valence-electron chi connectivity index (χ1n) is 11.7. The third-order valence-corrected chi connectivity index (χ3v) is 6.71. The van der Waals surface area contributed by atoms with Gasteiger partial charge in [0.2, 0.25) is 5.91 Å². The van der Waals surface area contributed by atoms with E-state index in [0.717, 1.165) is 11.1 Å². The Morgan fingerprint density at radius 1 is 1.12 bits per heavy atom. The van der Waals surface area contributed by atoms with Gasteiger partial charge in [0.25, 0.3) is 0 Å². The minimum Gasteiger partial charge on any atom is -0.460 e. The summed E-state index contributed by atoms with van der Waals surface area (Å²) in [4.78, 5) is 28.3. The Labute approximate surface area is 212 Å². The number of hydrogen-bond acceptors (Lipinski definition) is 4. The van der Waals surface area contributed by atoms with Gasteiger partial charge in [-0.1, -0.05) is 54.4 Å². The molecule has 2 aromatic carbocycles. The normalized spacial score (nSPS) is 21.9. The first-order chi connectivity index (χ1) is 16.0. The molecule has 3 rings (SSSR count). The van der Waals surface area contributed by atoms with Crippen LogP contribution in [-0.2, 0) is 14.3 Å². The van der Waals surface area contributed by atoms with E-state index in [1.807, 2.05) is 64.1 Å². The van der Waals surface area contributed by atoms with E-state index >= 15 is 0 Å². The molecule has 4 atom stereocenters. The Kier molecular flexibility index (Phi) is 8.66. The molecule has 34 heavy (non-hydrogen) atoms. The van der Waals surface area contributed by atoms with E-state index in [1.54, 1.807) is 17.0 Å². The van der Waals surface area contributed by atoms with Gasteiger partial charge in [0.05, 0.1) is 25.1 Å². The molecule has 0 unspecified atom stereocenters. The smallest absolute Gasteiger partial charge is 0.307 e. The number of benzene rings is 2. The van der Waals surface area contributed by atoms with Crippen LogP contribution in [0.5, 0.6) is 0 Å². The van der Waals surface area contributed by atoms with Gasteiger partial charge < -0.3 is 14.7 Å². The molecule has 0 aromatic heterocycles. The lowest BCUT2D eigenvalue weighted by molar-refractivity contribution is -0.162. The highest BCUT2D eigenvalue weighted by atomic mass is 35.5. The molecule has 0 spiro atoms. The number of aliphatic hydroxyl groups is 1. The topological polar surface area (TPSA) is 66.8 Å². The molecule has 1 heterocycles. The number of ether oxygens (including phenoxy) is 1. The second-order valence-electron chi connectivity index (χ2n) is 9.87. The number of likely N-dealkylation sites (tertiary alicyclic amines) is 1. The summed E-state index contributed by atoms with van der Waals surface area (Å²) in [7, 11) is 0. The van der Waals surface area contributed by atoms with Gasteiger partial charge in [0.1, 0.15) is 5.60 Å². The van der Waals surface area contributed by atoms with Crippen LogP contribution < -0.4 is 0 Å². The fourth-order valence-electron chi connectivity index (χ4n) is 4.76. The molecule has 0 bridgehead atoms. The van der Waals surface area contributed by atoms with Gasteiger partial charge in [-0.3, -0.25) is 9.59 Å². The van der Waals surface area contributed by atoms with E-state index in [4.69, 9.17) is 27.9 Å². The number of halogens is 2. The summed E-state index contributed by atoms with van der Waals surface area (Å²) < 4.78 is 5.53. The van der Waals surface area contributed by atoms with Crippen molar-refractivity contribution in [3.63, 3.8) is 0 Å². The van der Waals surface area contributed by atoms with Crippen molar-refractivity contribution >= 4 is 35.1 Å². The van der Waals surface area contributed by atoms with Crippen LogP contribution in [0.1, 0.15) is 70.0 Å². The summed E-state index contributed by atoms with van der Waals surface area (Å²) in [6, 6.07) is 14.3. The van der Waals surface area contributed by atoms with Gasteiger partial charge in [-0.15, -0.1) is 0 Å². The molecule has 5 nitrogen and oxygen atoms in total. The molecular formula is C27H33Cl2NO4. The number of esters is 1. The summed E-state index contributed by atoms with van der Waals surface area (Å²) in [6.45, 7) is 7.20. The van der Waals surface area contributed by atoms with Crippen LogP contribution in [0.3, 0.4) is 0 Å². The minimum atomic E-state index is -0.635. The fourth-order valence-corrected chi connectivity index (χ4v) is 5.09. The summed E-state index contributed by atoms with van der Waals surface area (Å²) in [5.41, 5.74) is 1.27. The van der Waals surface area contributed by atoms with Crippen LogP contribution in [0.4, 0.5) is 0 Å². The van der Waals surface area contributed by atoms with Gasteiger partial charge in [0, 0.05) is 21.9 Å². The Morgan fingerprint density at radius 3 is 2.35 bits per heavy atom. The van der Waals surface area contributed by atoms with E-state index in [9.17, 15) is 14.7 Å². The third kappa shape index (κ3) is 6.32. The zero-order valence-corrected chi connectivity index (χ0v) is 21.6. The quantitative estimate of drug-likeness (QED) is 0.456. The van der Waals surface area contributed by atoms with Crippen molar-refractivity contribution in [3.05, 3.63) is 69.7 Å². The minimum absolute atomic E-state index is 0.0150. The molecule has 1 N–H and O–H groups in total. The molecule has 0 radical (unpaired) electrons. The predicted octanol–water partition coefficient (Wildman–Crippen LogP) is 6.17. The van der Waals surface area contributed by atoms with E-state index in [-0.39, 0.29) is 30.9 Å². The SMILES string of the molecule is CC[C@@H](CO)N1C(=O)[C@@H](CC(=O)OC(C)(C)C)C[C@H](c2cccc(Cl)c2)[C@H]1c1ccc(Cl)cc1. The highest BCUT2D eigenvalue weighted by Gasteiger charge is 2.46. The van der Waals surface area contributed by atoms with Crippen molar-refractivity contribution in [3.8, 4) is 0 Å². The lowest BCUT2D eigenvalue weighted by Gasteiger charge is -2.48. The Balaban J connectivity index is 2.09. The predicted molar refractivity (Wildman–Crippen MR) is 135 cm³/mol. The van der Waals surface area contributed by atoms with Crippen molar-refractivity contribution < 1.29 is 19.4 Å². The van der Waals surface area contributed by atoms with E-state index in [2.05, 4.69) is 0 Å². The third-order valence-electron chi connectivity index (χ3n) is 6.22. The average molecular weight is 506 g/mol. The van der Waals surface area contributed by atoms with Crippen LogP contribution >= 0.6 is 23.2 Å². The van der Waals surface area contributed by atoms with E-state index in [1.165, 1.54) is 0 Å². The molecule has 1 saturated heterocycles. The van der Waals surface area contributed by atoms with Gasteiger partial charge >= 0.3 is 5.97 Å². The standard InChI is InChI=1S/C27H33Cl2NO4/c1-5-22(16-31)30-25(17-9-11-20(28)12-10-17)23(18-7-6-8-21(29)13-18)14-19(26(30)33)15-24(32)34-27(2,3)4/h6-13,19,22-23,25,31H,5,14-16H2,1-4H3/t19-,22+,23-,25-/m1/s1. The highest BCUT2D eigenvalue weighted by Crippen LogP contribution is 2.47. The monoisotopic (exact) mass is 505 g/mol. The molecule has 1 amide bonds. The fraction of sp³-hybridized carbons (Fsp3) is 0.481. The summed E-state index contributed by atoms with van der Waals surface area (Å²) >= 11 is 12.5. The van der Waals surface area contributed by atoms with Crippen LogP contribution in [0.2, 0.25) is 10.0 Å². The molecule has 2 aromatic rings. The maximum absolute atomic E-state index is 13.8. The second-order valence-corrected chi connectivity index (χ2v) is 10.7. The number of amides is 1. The first kappa shape index (κ1) is 26.5. The van der Waals surface area contributed by atoms with Crippen molar-refractivity contribution in [1.82, 2.24) is 4.90 Å². The zero-order chi connectivity index (χ0) is 25.0. The molecule has 7 heteroatoms. The molecule has 1 aliphatic rings. The lowest BCUT2D eigenvalue weighted by Crippen LogP contribution is -2.53. The molecule has 0 saturated carbocycles. The summed E-state index contributed by atoms with van der Waals surface area (Å²) in [6.07, 6.45) is 1.02. The maximum Gasteiger partial charge on any atom is 0.307 e. The zero-order valence-electron chi connectivity index (χ0n) is 20.1. The largest absolute Gasteiger partial charge is 0.460 e. The number of carbonyl (C=O) groups excluding carboxylic acids is 2. The van der Waals surface area contributed by atoms with Crippen LogP contribution in [-0.4, -0.2) is 40.1 Å². The van der Waals surface area contributed by atoms with E-state index < -0.39 is 23.5 Å². The average Bonchev–Trinajstić information content (AvgIpc) is 2.76. The highest BCUT2D eigenvalue weighted by molar-refractivity contribution is 6.30. The van der Waals surface area contributed by atoms with Gasteiger partial charge in [-0.05, 0) is 69.0 Å². The maximum atomic E-state index is 13.8. The van der Waals surface area contributed by atoms with Crippen molar-refractivity contribution in [2.75, 3.05) is 6.61 Å². The lowest BCUT2D eigenvalue weighted by atomic mass is 9.74. The second kappa shape index (κ2) is 11.1. The number of carbonyl (C=O) groups is 2. The Morgan fingerprint density at radius 2 is 1.79 bits per heavy atom. The van der Waals surface area contributed by atoms with Crippen LogP contribution in [0.15, 0.2) is 48.5 Å². The van der Waals surface area contributed by atoms with Crippen molar-refractivity contribution in [2.45, 2.75) is 70.6 Å². The van der Waals surface area contributed by atoms with Crippen LogP contribution in [0, 0.1) is 5.92 Å². The number of rotatable bonds is 7. The molecule has 0 aliphatic carbocycles. The Hall–Kier alpha value is -2.08. The molecule has 184 valence electrons. The summed E-state index contributed by atoms with van der Waals surface area (Å²) in [5.74, 6) is -1.25. The molecule has 1 aliphatic heterocycles. The van der Waals surface area contributed by atoms with Crippen molar-refractivity contribution in [2.24, 2.45) is 5.92 Å². The molecule has 1 fully saturated rings. The number of hydrogen-bond donors (Lipinski definition) is 1. The molecular weight excluding hydrogens is 473 g/mol. The van der Waals surface area contributed by atoms with Gasteiger partial charge in [0.15, 0.2) is 0 Å². The van der Waals surface area contributed by atoms with E-state index in [0.29, 0.717) is 22.9 Å². The summed E-state index contributed by atoms with van der Waals surface area (Å²) in [5, 5.41) is 11.4. The van der Waals surface area contributed by atoms with Gasteiger partial charge in [-0.25, -0.2) is 0 Å². The number of aliphatic hydroxyl groups excluding tert-OH is 1. The number of piperidine rings is 1.